The van der Waals surface area contributed by atoms with Crippen LogP contribution in [-0.4, -0.2) is 18.7 Å². The van der Waals surface area contributed by atoms with Crippen molar-refractivity contribution in [1.29, 1.82) is 0 Å². The highest BCUT2D eigenvalue weighted by Gasteiger charge is 2.45. The number of fused-ring (bicyclic) bond motifs is 1. The number of hydrogen-bond donors (Lipinski definition) is 2. The highest BCUT2D eigenvalue weighted by Crippen LogP contribution is 2.48. The van der Waals surface area contributed by atoms with Crippen molar-refractivity contribution in [3.63, 3.8) is 0 Å². The van der Waals surface area contributed by atoms with Crippen molar-refractivity contribution in [3.8, 4) is 0 Å². The smallest absolute Gasteiger partial charge is 0.100 e. The molecule has 146 valence electrons. The Bertz CT molecular complexity index is 900. The van der Waals surface area contributed by atoms with Crippen molar-refractivity contribution in [3.05, 3.63) is 83.9 Å². The van der Waals surface area contributed by atoms with Crippen molar-refractivity contribution < 1.29 is 5.11 Å². The molecule has 2 nitrogen and oxygen atoms in total. The van der Waals surface area contributed by atoms with E-state index in [1.807, 2.05) is 13.1 Å². The van der Waals surface area contributed by atoms with Crippen LogP contribution in [0.3, 0.4) is 0 Å². The lowest BCUT2D eigenvalue weighted by molar-refractivity contribution is -0.0623. The average Bonchev–Trinajstić information content (AvgIpc) is 2.78. The van der Waals surface area contributed by atoms with Gasteiger partial charge in [-0.15, -0.1) is 0 Å². The first-order valence-corrected chi connectivity index (χ1v) is 10.6. The zero-order valence-electron chi connectivity index (χ0n) is 16.8. The highest BCUT2D eigenvalue weighted by molar-refractivity contribution is 5.83. The van der Waals surface area contributed by atoms with Gasteiger partial charge in [-0.3, -0.25) is 0 Å². The summed E-state index contributed by atoms with van der Waals surface area (Å²) in [5, 5.41) is 18.2. The highest BCUT2D eigenvalue weighted by atomic mass is 16.3. The SMILES string of the molecule is CNCC(c1ccc2ccccc2c1)C(O)(c1ccccc1)C1CCCCC1. The summed E-state index contributed by atoms with van der Waals surface area (Å²) in [5.74, 6) is 0.293. The first-order valence-electron chi connectivity index (χ1n) is 10.6. The Balaban J connectivity index is 1.84. The van der Waals surface area contributed by atoms with Gasteiger partial charge in [-0.25, -0.2) is 0 Å². The molecule has 2 unspecified atom stereocenters. The van der Waals surface area contributed by atoms with E-state index in [-0.39, 0.29) is 11.8 Å². The third-order valence-corrected chi connectivity index (χ3v) is 6.58. The molecule has 1 saturated carbocycles. The van der Waals surface area contributed by atoms with Crippen LogP contribution in [-0.2, 0) is 5.60 Å². The van der Waals surface area contributed by atoms with Crippen LogP contribution >= 0.6 is 0 Å². The van der Waals surface area contributed by atoms with Crippen LogP contribution in [0.2, 0.25) is 0 Å². The molecule has 3 aromatic rings. The van der Waals surface area contributed by atoms with Gasteiger partial charge in [-0.2, -0.15) is 0 Å². The van der Waals surface area contributed by atoms with Crippen LogP contribution < -0.4 is 5.32 Å². The van der Waals surface area contributed by atoms with Gasteiger partial charge >= 0.3 is 0 Å². The minimum atomic E-state index is -0.868. The van der Waals surface area contributed by atoms with E-state index < -0.39 is 5.60 Å². The Morgan fingerprint density at radius 1 is 0.893 bits per heavy atom. The largest absolute Gasteiger partial charge is 0.384 e. The van der Waals surface area contributed by atoms with Gasteiger partial charge in [-0.1, -0.05) is 92.1 Å². The van der Waals surface area contributed by atoms with Gasteiger partial charge in [0.15, 0.2) is 0 Å². The zero-order valence-corrected chi connectivity index (χ0v) is 16.8. The van der Waals surface area contributed by atoms with Crippen molar-refractivity contribution in [1.82, 2.24) is 5.32 Å². The maximum atomic E-state index is 12.4. The van der Waals surface area contributed by atoms with Crippen LogP contribution in [0.25, 0.3) is 10.8 Å². The van der Waals surface area contributed by atoms with Crippen LogP contribution in [0.5, 0.6) is 0 Å². The fourth-order valence-corrected chi connectivity index (χ4v) is 5.13. The number of benzene rings is 3. The molecule has 0 spiro atoms. The van der Waals surface area contributed by atoms with E-state index in [0.717, 1.165) is 24.9 Å². The summed E-state index contributed by atoms with van der Waals surface area (Å²) >= 11 is 0. The van der Waals surface area contributed by atoms with E-state index in [9.17, 15) is 5.11 Å². The first-order chi connectivity index (χ1) is 13.7. The van der Waals surface area contributed by atoms with Crippen molar-refractivity contribution in [2.75, 3.05) is 13.6 Å². The molecule has 0 aliphatic heterocycles. The average molecular weight is 374 g/mol. The summed E-state index contributed by atoms with van der Waals surface area (Å²) in [7, 11) is 1.99. The summed E-state index contributed by atoms with van der Waals surface area (Å²) in [6, 6.07) is 25.5. The number of hydrogen-bond acceptors (Lipinski definition) is 2. The molecular formula is C26H31NO. The van der Waals surface area contributed by atoms with Crippen molar-refractivity contribution in [2.45, 2.75) is 43.6 Å². The van der Waals surface area contributed by atoms with E-state index in [1.165, 1.54) is 35.6 Å². The number of rotatable bonds is 6. The molecule has 0 heterocycles. The van der Waals surface area contributed by atoms with Crippen LogP contribution in [0.15, 0.2) is 72.8 Å². The van der Waals surface area contributed by atoms with Crippen LogP contribution in [0.4, 0.5) is 0 Å². The number of likely N-dealkylation sites (N-methyl/N-ethyl adjacent to an activating group) is 1. The molecule has 2 N–H and O–H groups in total. The zero-order chi connectivity index (χ0) is 19.4. The Morgan fingerprint density at radius 2 is 1.57 bits per heavy atom. The van der Waals surface area contributed by atoms with Crippen LogP contribution in [0.1, 0.15) is 49.1 Å². The fraction of sp³-hybridized carbons (Fsp3) is 0.385. The lowest BCUT2D eigenvalue weighted by atomic mass is 9.65. The summed E-state index contributed by atoms with van der Waals surface area (Å²) in [5.41, 5.74) is 1.40. The maximum absolute atomic E-state index is 12.4. The minimum absolute atomic E-state index is 0.00704. The maximum Gasteiger partial charge on any atom is 0.100 e. The Kier molecular flexibility index (Phi) is 5.79. The quantitative estimate of drug-likeness (QED) is 0.588. The van der Waals surface area contributed by atoms with E-state index >= 15 is 0 Å². The van der Waals surface area contributed by atoms with E-state index in [4.69, 9.17) is 0 Å². The lowest BCUT2D eigenvalue weighted by Gasteiger charge is -2.45. The molecule has 3 aromatic carbocycles. The summed E-state index contributed by atoms with van der Waals surface area (Å²) in [6.07, 6.45) is 5.90. The summed E-state index contributed by atoms with van der Waals surface area (Å²) < 4.78 is 0. The molecule has 2 heteroatoms. The van der Waals surface area contributed by atoms with E-state index in [1.54, 1.807) is 0 Å². The monoisotopic (exact) mass is 373 g/mol. The second kappa shape index (κ2) is 8.46. The van der Waals surface area contributed by atoms with Gasteiger partial charge in [0.2, 0.25) is 0 Å². The molecule has 0 radical (unpaired) electrons. The van der Waals surface area contributed by atoms with Gasteiger partial charge in [0, 0.05) is 12.5 Å². The lowest BCUT2D eigenvalue weighted by Crippen LogP contribution is -2.45. The summed E-state index contributed by atoms with van der Waals surface area (Å²) in [6.45, 7) is 0.750. The van der Waals surface area contributed by atoms with Gasteiger partial charge in [0.1, 0.15) is 5.60 Å². The molecule has 0 saturated heterocycles. The van der Waals surface area contributed by atoms with E-state index in [2.05, 4.69) is 72.0 Å². The second-order valence-corrected chi connectivity index (χ2v) is 8.24. The molecule has 28 heavy (non-hydrogen) atoms. The minimum Gasteiger partial charge on any atom is -0.384 e. The van der Waals surface area contributed by atoms with E-state index in [0.29, 0.717) is 0 Å². The molecule has 0 bridgehead atoms. The second-order valence-electron chi connectivity index (χ2n) is 8.24. The Labute approximate surface area is 168 Å². The van der Waals surface area contributed by atoms with Gasteiger partial charge < -0.3 is 10.4 Å². The fourth-order valence-electron chi connectivity index (χ4n) is 5.13. The Morgan fingerprint density at radius 3 is 2.29 bits per heavy atom. The number of nitrogens with one attached hydrogen (secondary N) is 1. The molecule has 0 aromatic heterocycles. The molecule has 4 rings (SSSR count). The topological polar surface area (TPSA) is 32.3 Å². The molecule has 1 aliphatic rings. The molecule has 1 fully saturated rings. The third-order valence-electron chi connectivity index (χ3n) is 6.58. The predicted octanol–water partition coefficient (Wildman–Crippen LogP) is 5.61. The van der Waals surface area contributed by atoms with Gasteiger partial charge in [0.05, 0.1) is 0 Å². The van der Waals surface area contributed by atoms with Crippen molar-refractivity contribution in [2.24, 2.45) is 5.92 Å². The van der Waals surface area contributed by atoms with Crippen LogP contribution in [0, 0.1) is 5.92 Å². The molecule has 2 atom stereocenters. The molecule has 0 amide bonds. The Hall–Kier alpha value is -2.16. The summed E-state index contributed by atoms with van der Waals surface area (Å²) in [4.78, 5) is 0. The standard InChI is InChI=1S/C26H31NO/c1-27-19-25(22-17-16-20-10-8-9-11-21(20)18-22)26(28,23-12-4-2-5-13-23)24-14-6-3-7-15-24/h2,4-5,8-13,16-18,24-25,27-28H,3,6-7,14-15,19H2,1H3. The van der Waals surface area contributed by atoms with Gasteiger partial charge in [-0.05, 0) is 47.7 Å². The third kappa shape index (κ3) is 3.59. The molecular weight excluding hydrogens is 342 g/mol. The predicted molar refractivity (Wildman–Crippen MR) is 118 cm³/mol. The van der Waals surface area contributed by atoms with Gasteiger partial charge in [0.25, 0.3) is 0 Å². The first kappa shape index (κ1) is 19.2. The van der Waals surface area contributed by atoms with Crippen molar-refractivity contribution >= 4 is 10.8 Å². The molecule has 1 aliphatic carbocycles. The number of aliphatic hydroxyl groups is 1. The normalized spacial score (nSPS) is 18.6.